The molecule has 1 fully saturated rings. The Bertz CT molecular complexity index is 1580. The van der Waals surface area contributed by atoms with Gasteiger partial charge in [-0.15, -0.1) is 0 Å². The van der Waals surface area contributed by atoms with Gasteiger partial charge in [0.1, 0.15) is 11.6 Å². The van der Waals surface area contributed by atoms with E-state index in [2.05, 4.69) is 15.1 Å². The van der Waals surface area contributed by atoms with E-state index in [1.807, 2.05) is 0 Å². The zero-order valence-electron chi connectivity index (χ0n) is 21.2. The molecule has 4 aromatic rings. The fourth-order valence-electron chi connectivity index (χ4n) is 5.05. The van der Waals surface area contributed by atoms with Gasteiger partial charge in [-0.1, -0.05) is 18.5 Å². The average molecular weight is 555 g/mol. The van der Waals surface area contributed by atoms with Gasteiger partial charge in [-0.25, -0.2) is 8.78 Å². The quantitative estimate of drug-likeness (QED) is 0.381. The lowest BCUT2D eigenvalue weighted by molar-refractivity contribution is 0.0783. The lowest BCUT2D eigenvalue weighted by atomic mass is 10.0. The number of aromatic nitrogens is 5. The monoisotopic (exact) mass is 554 g/mol. The molecular formula is C27H25ClF2N6O3. The number of amides is 1. The van der Waals surface area contributed by atoms with Crippen LogP contribution in [0.3, 0.4) is 0 Å². The van der Waals surface area contributed by atoms with Gasteiger partial charge in [0.05, 0.1) is 22.8 Å². The number of pyridine rings is 1. The second-order valence-electron chi connectivity index (χ2n) is 9.48. The number of aryl methyl sites for hydroxylation is 1. The molecule has 9 nitrogen and oxygen atoms in total. The Morgan fingerprint density at radius 2 is 1.95 bits per heavy atom. The van der Waals surface area contributed by atoms with Gasteiger partial charge in [-0.05, 0) is 42.7 Å². The van der Waals surface area contributed by atoms with E-state index < -0.39 is 40.6 Å². The molecule has 4 heterocycles. The molecule has 0 bridgehead atoms. The third-order valence-corrected chi connectivity index (χ3v) is 7.11. The molecule has 1 saturated heterocycles. The Morgan fingerprint density at radius 3 is 2.56 bits per heavy atom. The maximum Gasteiger partial charge on any atom is 0.290 e. The highest BCUT2D eigenvalue weighted by Crippen LogP contribution is 2.35. The molecule has 1 aromatic carbocycles. The molecule has 1 N–H and O–H groups in total. The number of rotatable bonds is 6. The first-order valence-electron chi connectivity index (χ1n) is 12.4. The standard InChI is InChI=1S/C27H25ClF2N6O3/c1-3-22(16-8-19(29)10-20(30)9-16)36-24(17-11-32-34(2)13-17)33-25(37)23(27(36)39)26(38)35-7-6-15(14-35)21-5-4-18(28)12-31-21/h4-5,8-13,15,22,39H,3,6-7,14H2,1-2H3. The van der Waals surface area contributed by atoms with E-state index in [0.717, 1.165) is 23.9 Å². The molecule has 0 spiro atoms. The molecule has 0 saturated carbocycles. The SMILES string of the molecule is CCC(c1cc(F)cc(F)c1)n1c(-c2cnn(C)c2)nc(=O)c(C(=O)N2CCC(c3ccc(Cl)cn3)C2)c1O. The first kappa shape index (κ1) is 26.5. The number of carbonyl (C=O) groups is 1. The summed E-state index contributed by atoms with van der Waals surface area (Å²) in [5.41, 5.74) is -0.0761. The molecule has 5 rings (SSSR count). The van der Waals surface area contributed by atoms with Crippen molar-refractivity contribution in [3.63, 3.8) is 0 Å². The summed E-state index contributed by atoms with van der Waals surface area (Å²) in [6.45, 7) is 2.37. The van der Waals surface area contributed by atoms with E-state index >= 15 is 0 Å². The van der Waals surface area contributed by atoms with Crippen LogP contribution < -0.4 is 5.56 Å². The van der Waals surface area contributed by atoms with Gasteiger partial charge in [-0.2, -0.15) is 10.1 Å². The molecule has 0 aliphatic carbocycles. The Labute approximate surface area is 227 Å². The second kappa shape index (κ2) is 10.6. The van der Waals surface area contributed by atoms with Gasteiger partial charge in [0.15, 0.2) is 11.4 Å². The molecule has 1 amide bonds. The summed E-state index contributed by atoms with van der Waals surface area (Å²) in [5, 5.41) is 16.1. The Balaban J connectivity index is 1.60. The van der Waals surface area contributed by atoms with Crippen LogP contribution >= 0.6 is 11.6 Å². The number of aromatic hydroxyl groups is 1. The van der Waals surface area contributed by atoms with Crippen molar-refractivity contribution in [3.05, 3.63) is 92.8 Å². The minimum Gasteiger partial charge on any atom is -0.494 e. The lowest BCUT2D eigenvalue weighted by Crippen LogP contribution is -2.35. The van der Waals surface area contributed by atoms with Crippen LogP contribution in [0, 0.1) is 11.6 Å². The Kier molecular flexibility index (Phi) is 7.17. The van der Waals surface area contributed by atoms with E-state index in [0.29, 0.717) is 23.6 Å². The van der Waals surface area contributed by atoms with Gasteiger partial charge < -0.3 is 10.0 Å². The highest BCUT2D eigenvalue weighted by Gasteiger charge is 2.34. The maximum absolute atomic E-state index is 14.2. The van der Waals surface area contributed by atoms with Crippen molar-refractivity contribution in [3.8, 4) is 17.3 Å². The molecule has 202 valence electrons. The predicted molar refractivity (Wildman–Crippen MR) is 140 cm³/mol. The minimum atomic E-state index is -0.916. The predicted octanol–water partition coefficient (Wildman–Crippen LogP) is 4.31. The molecule has 39 heavy (non-hydrogen) atoms. The van der Waals surface area contributed by atoms with Crippen molar-refractivity contribution < 1.29 is 18.7 Å². The maximum atomic E-state index is 14.2. The summed E-state index contributed by atoms with van der Waals surface area (Å²) in [6.07, 6.45) is 5.43. The second-order valence-corrected chi connectivity index (χ2v) is 9.91. The summed E-state index contributed by atoms with van der Waals surface area (Å²) in [6, 6.07) is 5.70. The fraction of sp³-hybridized carbons (Fsp3) is 0.296. The van der Waals surface area contributed by atoms with Gasteiger partial charge >= 0.3 is 0 Å². The van der Waals surface area contributed by atoms with Crippen molar-refractivity contribution in [2.45, 2.75) is 31.7 Å². The number of halogens is 3. The number of benzene rings is 1. The summed E-state index contributed by atoms with van der Waals surface area (Å²) >= 11 is 5.94. The van der Waals surface area contributed by atoms with Crippen LogP contribution in [0.5, 0.6) is 5.88 Å². The number of carbonyl (C=O) groups excluding carboxylic acids is 1. The molecule has 2 atom stereocenters. The third-order valence-electron chi connectivity index (χ3n) is 6.89. The molecule has 12 heteroatoms. The highest BCUT2D eigenvalue weighted by atomic mass is 35.5. The van der Waals surface area contributed by atoms with Crippen molar-refractivity contribution >= 4 is 17.5 Å². The molecule has 1 aliphatic rings. The minimum absolute atomic E-state index is 0.0170. The van der Waals surface area contributed by atoms with Crippen LogP contribution in [0.25, 0.3) is 11.4 Å². The Morgan fingerprint density at radius 1 is 1.21 bits per heavy atom. The van der Waals surface area contributed by atoms with E-state index in [1.54, 1.807) is 32.3 Å². The summed E-state index contributed by atoms with van der Waals surface area (Å²) in [7, 11) is 1.67. The largest absolute Gasteiger partial charge is 0.494 e. The molecule has 3 aromatic heterocycles. The molecule has 0 radical (unpaired) electrons. The van der Waals surface area contributed by atoms with E-state index in [1.165, 1.54) is 26.5 Å². The molecule has 2 unspecified atom stereocenters. The van der Waals surface area contributed by atoms with E-state index in [-0.39, 0.29) is 30.3 Å². The van der Waals surface area contributed by atoms with E-state index in [4.69, 9.17) is 11.6 Å². The van der Waals surface area contributed by atoms with Crippen LogP contribution in [-0.2, 0) is 7.05 Å². The van der Waals surface area contributed by atoms with Crippen LogP contribution in [0.4, 0.5) is 8.78 Å². The van der Waals surface area contributed by atoms with Crippen molar-refractivity contribution in [1.82, 2.24) is 29.2 Å². The van der Waals surface area contributed by atoms with Crippen LogP contribution in [0.2, 0.25) is 5.02 Å². The number of hydrogen-bond donors (Lipinski definition) is 1. The number of nitrogens with zero attached hydrogens (tertiary/aromatic N) is 6. The molecule has 1 aliphatic heterocycles. The van der Waals surface area contributed by atoms with Crippen molar-refractivity contribution in [2.24, 2.45) is 7.05 Å². The number of hydrogen-bond acceptors (Lipinski definition) is 6. The van der Waals surface area contributed by atoms with Crippen molar-refractivity contribution in [2.75, 3.05) is 13.1 Å². The average Bonchev–Trinajstić information content (AvgIpc) is 3.55. The highest BCUT2D eigenvalue weighted by molar-refractivity contribution is 6.30. The van der Waals surface area contributed by atoms with Crippen LogP contribution in [0.1, 0.15) is 53.3 Å². The van der Waals surface area contributed by atoms with Gasteiger partial charge in [0.2, 0.25) is 5.88 Å². The van der Waals surface area contributed by atoms with Crippen LogP contribution in [0.15, 0.2) is 53.7 Å². The van der Waals surface area contributed by atoms with Gasteiger partial charge in [0, 0.05) is 50.2 Å². The fourth-order valence-corrected chi connectivity index (χ4v) is 5.16. The smallest absolute Gasteiger partial charge is 0.290 e. The van der Waals surface area contributed by atoms with E-state index in [9.17, 15) is 23.5 Å². The first-order valence-corrected chi connectivity index (χ1v) is 12.7. The molecular weight excluding hydrogens is 530 g/mol. The number of likely N-dealkylation sites (tertiary alicyclic amines) is 1. The Hall–Kier alpha value is -4.12. The van der Waals surface area contributed by atoms with Gasteiger partial charge in [0.25, 0.3) is 11.5 Å². The summed E-state index contributed by atoms with van der Waals surface area (Å²) < 4.78 is 31.1. The van der Waals surface area contributed by atoms with Crippen LogP contribution in [-0.4, -0.2) is 53.3 Å². The zero-order chi connectivity index (χ0) is 27.8. The lowest BCUT2D eigenvalue weighted by Gasteiger charge is -2.26. The van der Waals surface area contributed by atoms with Crippen molar-refractivity contribution in [1.29, 1.82) is 0 Å². The topological polar surface area (TPSA) is 106 Å². The first-order chi connectivity index (χ1) is 18.7. The summed E-state index contributed by atoms with van der Waals surface area (Å²) in [4.78, 5) is 36.8. The van der Waals surface area contributed by atoms with Gasteiger partial charge in [-0.3, -0.25) is 23.8 Å². The summed E-state index contributed by atoms with van der Waals surface area (Å²) in [5.74, 6) is -2.97. The third kappa shape index (κ3) is 5.14. The zero-order valence-corrected chi connectivity index (χ0v) is 21.9. The normalized spacial score (nSPS) is 16.0.